The predicted octanol–water partition coefficient (Wildman–Crippen LogP) is 3.37. The van der Waals surface area contributed by atoms with E-state index in [9.17, 15) is 0 Å². The van der Waals surface area contributed by atoms with Crippen molar-refractivity contribution in [3.63, 3.8) is 0 Å². The van der Waals surface area contributed by atoms with Crippen LogP contribution in [0.3, 0.4) is 0 Å². The van der Waals surface area contributed by atoms with Crippen molar-refractivity contribution in [2.45, 2.75) is 6.42 Å². The van der Waals surface area contributed by atoms with E-state index in [1.54, 1.807) is 0 Å². The molecule has 0 spiro atoms. The first-order chi connectivity index (χ1) is 9.85. The fourth-order valence-corrected chi connectivity index (χ4v) is 2.00. The monoisotopic (exact) mass is 265 g/mol. The van der Waals surface area contributed by atoms with Crippen LogP contribution in [0.5, 0.6) is 0 Å². The van der Waals surface area contributed by atoms with Crippen LogP contribution in [0.2, 0.25) is 0 Å². The van der Waals surface area contributed by atoms with Gasteiger partial charge in [0, 0.05) is 24.7 Å². The van der Waals surface area contributed by atoms with Gasteiger partial charge in [-0.3, -0.25) is 0 Å². The summed E-state index contributed by atoms with van der Waals surface area (Å²) in [5, 5.41) is 7.11. The molecule has 0 unspecified atom stereocenters. The zero-order valence-electron chi connectivity index (χ0n) is 11.2. The number of hydrogen-bond acceptors (Lipinski definition) is 4. The molecule has 0 aliphatic carbocycles. The summed E-state index contributed by atoms with van der Waals surface area (Å²) in [7, 11) is 1.89. The van der Waals surface area contributed by atoms with Crippen LogP contribution in [0.4, 0.5) is 5.69 Å². The van der Waals surface area contributed by atoms with E-state index in [-0.39, 0.29) is 0 Å². The average Bonchev–Trinajstić information content (AvgIpc) is 2.97. The lowest BCUT2D eigenvalue weighted by Gasteiger charge is -1.99. The minimum atomic E-state index is 0.554. The summed E-state index contributed by atoms with van der Waals surface area (Å²) in [6.07, 6.45) is 0.680. The smallest absolute Gasteiger partial charge is 0.257 e. The third-order valence-electron chi connectivity index (χ3n) is 3.09. The van der Waals surface area contributed by atoms with Crippen molar-refractivity contribution in [3.8, 4) is 11.5 Å². The fourth-order valence-electron chi connectivity index (χ4n) is 2.00. The fraction of sp³-hybridized carbons (Fsp3) is 0.125. The molecule has 0 radical (unpaired) electrons. The van der Waals surface area contributed by atoms with Crippen LogP contribution < -0.4 is 5.32 Å². The molecule has 0 atom stereocenters. The first-order valence-electron chi connectivity index (χ1n) is 6.50. The Balaban J connectivity index is 1.79. The van der Waals surface area contributed by atoms with E-state index >= 15 is 0 Å². The number of nitrogens with one attached hydrogen (secondary N) is 1. The molecule has 0 saturated carbocycles. The van der Waals surface area contributed by atoms with Gasteiger partial charge in [0.1, 0.15) is 0 Å². The highest BCUT2D eigenvalue weighted by Gasteiger charge is 2.09. The van der Waals surface area contributed by atoms with Crippen LogP contribution in [0.25, 0.3) is 11.5 Å². The Labute approximate surface area is 117 Å². The van der Waals surface area contributed by atoms with E-state index in [0.29, 0.717) is 18.1 Å². The predicted molar refractivity (Wildman–Crippen MR) is 78.5 cm³/mol. The Morgan fingerprint density at radius 1 is 1.00 bits per heavy atom. The minimum Gasteiger partial charge on any atom is -0.388 e. The molecule has 0 amide bonds. The highest BCUT2D eigenvalue weighted by Crippen LogP contribution is 2.20. The van der Waals surface area contributed by atoms with Crippen molar-refractivity contribution in [1.82, 2.24) is 10.1 Å². The summed E-state index contributed by atoms with van der Waals surface area (Å²) < 4.78 is 5.31. The molecular weight excluding hydrogens is 250 g/mol. The van der Waals surface area contributed by atoms with Gasteiger partial charge in [0.05, 0.1) is 0 Å². The molecule has 1 aromatic heterocycles. The largest absolute Gasteiger partial charge is 0.388 e. The minimum absolute atomic E-state index is 0.554. The van der Waals surface area contributed by atoms with Gasteiger partial charge in [-0.25, -0.2) is 0 Å². The molecule has 1 heterocycles. The molecule has 0 aliphatic heterocycles. The molecule has 0 bridgehead atoms. The summed E-state index contributed by atoms with van der Waals surface area (Å²) >= 11 is 0. The number of anilines is 1. The number of nitrogens with zero attached hydrogens (tertiary/aromatic N) is 2. The second kappa shape index (κ2) is 5.57. The quantitative estimate of drug-likeness (QED) is 0.785. The standard InChI is InChI=1S/C16H15N3O/c1-17-14-9-7-13(8-10-14)16-18-15(19-20-16)11-12-5-3-2-4-6-12/h2-10,17H,11H2,1H3. The zero-order valence-corrected chi connectivity index (χ0v) is 11.2. The van der Waals surface area contributed by atoms with Crippen molar-refractivity contribution in [2.75, 3.05) is 12.4 Å². The van der Waals surface area contributed by atoms with E-state index in [1.165, 1.54) is 5.56 Å². The van der Waals surface area contributed by atoms with E-state index in [4.69, 9.17) is 4.52 Å². The van der Waals surface area contributed by atoms with Crippen molar-refractivity contribution in [2.24, 2.45) is 0 Å². The molecule has 3 aromatic rings. The molecule has 100 valence electrons. The number of aromatic nitrogens is 2. The lowest BCUT2D eigenvalue weighted by Crippen LogP contribution is -1.90. The van der Waals surface area contributed by atoms with E-state index in [0.717, 1.165) is 11.3 Å². The molecule has 1 N–H and O–H groups in total. The van der Waals surface area contributed by atoms with Gasteiger partial charge in [0.25, 0.3) is 5.89 Å². The van der Waals surface area contributed by atoms with Crippen molar-refractivity contribution in [3.05, 3.63) is 66.0 Å². The van der Waals surface area contributed by atoms with Crippen molar-refractivity contribution >= 4 is 5.69 Å². The van der Waals surface area contributed by atoms with Gasteiger partial charge in [0.15, 0.2) is 5.82 Å². The van der Waals surface area contributed by atoms with Crippen LogP contribution in [-0.4, -0.2) is 17.2 Å². The van der Waals surface area contributed by atoms with Crippen LogP contribution in [0.15, 0.2) is 59.1 Å². The van der Waals surface area contributed by atoms with Gasteiger partial charge in [-0.15, -0.1) is 0 Å². The molecule has 0 aliphatic rings. The molecule has 3 rings (SSSR count). The topological polar surface area (TPSA) is 51.0 Å². The SMILES string of the molecule is CNc1ccc(-c2nc(Cc3ccccc3)no2)cc1. The van der Waals surface area contributed by atoms with Crippen molar-refractivity contribution in [1.29, 1.82) is 0 Å². The third kappa shape index (κ3) is 2.69. The van der Waals surface area contributed by atoms with E-state index < -0.39 is 0 Å². The second-order valence-corrected chi connectivity index (χ2v) is 4.51. The molecule has 0 saturated heterocycles. The van der Waals surface area contributed by atoms with Gasteiger partial charge in [0.2, 0.25) is 0 Å². The molecular formula is C16H15N3O. The van der Waals surface area contributed by atoms with Gasteiger partial charge in [-0.05, 0) is 29.8 Å². The van der Waals surface area contributed by atoms with Gasteiger partial charge >= 0.3 is 0 Å². The van der Waals surface area contributed by atoms with E-state index in [1.807, 2.05) is 49.5 Å². The van der Waals surface area contributed by atoms with Gasteiger partial charge in [-0.2, -0.15) is 4.98 Å². The lowest BCUT2D eigenvalue weighted by molar-refractivity contribution is 0.424. The Kier molecular flexibility index (Phi) is 3.46. The maximum absolute atomic E-state index is 5.31. The highest BCUT2D eigenvalue weighted by atomic mass is 16.5. The summed E-state index contributed by atoms with van der Waals surface area (Å²) in [5.74, 6) is 1.25. The highest BCUT2D eigenvalue weighted by molar-refractivity contribution is 5.58. The van der Waals surface area contributed by atoms with Gasteiger partial charge < -0.3 is 9.84 Å². The maximum atomic E-state index is 5.31. The van der Waals surface area contributed by atoms with Crippen LogP contribution >= 0.6 is 0 Å². The molecule has 2 aromatic carbocycles. The van der Waals surface area contributed by atoms with Gasteiger partial charge in [-0.1, -0.05) is 35.5 Å². The normalized spacial score (nSPS) is 10.4. The summed E-state index contributed by atoms with van der Waals surface area (Å²) in [6.45, 7) is 0. The molecule has 4 heteroatoms. The third-order valence-corrected chi connectivity index (χ3v) is 3.09. The summed E-state index contributed by atoms with van der Waals surface area (Å²) in [4.78, 5) is 4.43. The number of rotatable bonds is 4. The summed E-state index contributed by atoms with van der Waals surface area (Å²) in [6, 6.07) is 18.0. The van der Waals surface area contributed by atoms with Crippen LogP contribution in [0, 0.1) is 0 Å². The Morgan fingerprint density at radius 2 is 1.75 bits per heavy atom. The Morgan fingerprint density at radius 3 is 2.45 bits per heavy atom. The van der Waals surface area contributed by atoms with Crippen LogP contribution in [-0.2, 0) is 6.42 Å². The Hall–Kier alpha value is -2.62. The second-order valence-electron chi connectivity index (χ2n) is 4.51. The Bertz CT molecular complexity index is 674. The number of benzene rings is 2. The van der Waals surface area contributed by atoms with Crippen LogP contribution in [0.1, 0.15) is 11.4 Å². The molecule has 0 fully saturated rings. The lowest BCUT2D eigenvalue weighted by atomic mass is 10.1. The number of hydrogen-bond donors (Lipinski definition) is 1. The van der Waals surface area contributed by atoms with E-state index in [2.05, 4.69) is 27.6 Å². The molecule has 20 heavy (non-hydrogen) atoms. The summed E-state index contributed by atoms with van der Waals surface area (Å²) in [5.41, 5.74) is 3.15. The molecule has 4 nitrogen and oxygen atoms in total. The first kappa shape index (κ1) is 12.4. The van der Waals surface area contributed by atoms with Crippen molar-refractivity contribution < 1.29 is 4.52 Å². The maximum Gasteiger partial charge on any atom is 0.257 e. The first-order valence-corrected chi connectivity index (χ1v) is 6.50. The average molecular weight is 265 g/mol. The zero-order chi connectivity index (χ0) is 13.8.